The Kier molecular flexibility index (Phi) is 6.37. The molecule has 0 amide bonds. The molecule has 1 aromatic carbocycles. The average molecular weight is 381 g/mol. The van der Waals surface area contributed by atoms with Gasteiger partial charge in [0, 0.05) is 17.3 Å². The summed E-state index contributed by atoms with van der Waals surface area (Å²) >= 11 is 0. The van der Waals surface area contributed by atoms with Crippen LogP contribution >= 0.6 is 0 Å². The molecule has 7 nitrogen and oxygen atoms in total. The number of hydrogen-bond donors (Lipinski definition) is 1. The number of esters is 2. The maximum absolute atomic E-state index is 12.1. The van der Waals surface area contributed by atoms with Crippen molar-refractivity contribution >= 4 is 17.8 Å². The van der Waals surface area contributed by atoms with Crippen LogP contribution in [0.1, 0.15) is 31.4 Å². The number of rotatable bonds is 6. The number of benzene rings is 1. The number of hydrogen-bond acceptors (Lipinski definition) is 7. The molecule has 1 aliphatic carbocycles. The monoisotopic (exact) mass is 381 g/mol. The highest BCUT2D eigenvalue weighted by Gasteiger charge is 2.22. The first-order valence-electron chi connectivity index (χ1n) is 9.38. The zero-order chi connectivity index (χ0) is 19.9. The van der Waals surface area contributed by atoms with Gasteiger partial charge in [0.2, 0.25) is 0 Å². The first-order valence-corrected chi connectivity index (χ1v) is 9.38. The van der Waals surface area contributed by atoms with Crippen LogP contribution in [0.15, 0.2) is 42.4 Å². The highest BCUT2D eigenvalue weighted by Crippen LogP contribution is 2.33. The quantitative estimate of drug-likeness (QED) is 0.356. The number of nitrogens with one attached hydrogen (secondary N) is 1. The summed E-state index contributed by atoms with van der Waals surface area (Å²) in [5, 5.41) is 3.00. The fourth-order valence-electron chi connectivity index (χ4n) is 3.19. The van der Waals surface area contributed by atoms with Crippen molar-refractivity contribution in [2.45, 2.75) is 33.1 Å². The molecule has 0 fully saturated rings. The minimum atomic E-state index is -0.737. The van der Waals surface area contributed by atoms with Gasteiger partial charge in [-0.05, 0) is 38.7 Å². The Balaban J connectivity index is 1.96. The highest BCUT2D eigenvalue weighted by molar-refractivity contribution is 6.14. The molecule has 0 unspecified atom stereocenters. The van der Waals surface area contributed by atoms with Crippen molar-refractivity contribution < 1.29 is 19.1 Å². The van der Waals surface area contributed by atoms with Crippen LogP contribution in [0.2, 0.25) is 0 Å². The van der Waals surface area contributed by atoms with Crippen LogP contribution in [0.3, 0.4) is 0 Å². The summed E-state index contributed by atoms with van der Waals surface area (Å²) in [6.07, 6.45) is 5.48. The lowest BCUT2D eigenvalue weighted by atomic mass is 10.0. The van der Waals surface area contributed by atoms with Crippen molar-refractivity contribution in [1.29, 1.82) is 0 Å². The summed E-state index contributed by atoms with van der Waals surface area (Å²) in [4.78, 5) is 33.0. The Morgan fingerprint density at radius 3 is 2.50 bits per heavy atom. The molecule has 0 aliphatic heterocycles. The number of fused-ring (bicyclic) bond motifs is 3. The maximum atomic E-state index is 12.1. The van der Waals surface area contributed by atoms with Gasteiger partial charge in [0.1, 0.15) is 12.1 Å². The van der Waals surface area contributed by atoms with Gasteiger partial charge >= 0.3 is 11.9 Å². The zero-order valence-corrected chi connectivity index (χ0v) is 16.0. The molecule has 1 heterocycles. The molecular weight excluding hydrogens is 358 g/mol. The van der Waals surface area contributed by atoms with E-state index in [0.717, 1.165) is 36.1 Å². The van der Waals surface area contributed by atoms with E-state index in [0.29, 0.717) is 5.82 Å². The van der Waals surface area contributed by atoms with Crippen molar-refractivity contribution in [2.75, 3.05) is 18.5 Å². The van der Waals surface area contributed by atoms with Gasteiger partial charge in [0.15, 0.2) is 5.57 Å². The lowest BCUT2D eigenvalue weighted by Gasteiger charge is -2.12. The molecule has 146 valence electrons. The number of aromatic nitrogens is 2. The molecule has 1 N–H and O–H groups in total. The molecule has 2 aromatic rings. The number of carbonyl (C=O) groups is 2. The second kappa shape index (κ2) is 9.12. The predicted molar refractivity (Wildman–Crippen MR) is 104 cm³/mol. The fraction of sp³-hybridized carbons (Fsp3) is 0.333. The number of anilines is 1. The maximum Gasteiger partial charge on any atom is 0.347 e. The van der Waals surface area contributed by atoms with Gasteiger partial charge in [-0.15, -0.1) is 0 Å². The van der Waals surface area contributed by atoms with Gasteiger partial charge in [-0.3, -0.25) is 0 Å². The van der Waals surface area contributed by atoms with Crippen LogP contribution in [0.4, 0.5) is 5.82 Å². The molecule has 1 aliphatic rings. The third-order valence-electron chi connectivity index (χ3n) is 4.43. The second-order valence-corrected chi connectivity index (χ2v) is 6.20. The van der Waals surface area contributed by atoms with E-state index < -0.39 is 11.9 Å². The first kappa shape index (κ1) is 19.5. The summed E-state index contributed by atoms with van der Waals surface area (Å²) in [5.74, 6) is -0.911. The summed E-state index contributed by atoms with van der Waals surface area (Å²) in [6, 6.07) is 8.18. The van der Waals surface area contributed by atoms with Gasteiger partial charge in [-0.25, -0.2) is 19.6 Å². The van der Waals surface area contributed by atoms with Crippen LogP contribution in [-0.2, 0) is 31.9 Å². The molecule has 28 heavy (non-hydrogen) atoms. The Morgan fingerprint density at radius 1 is 1.07 bits per heavy atom. The predicted octanol–water partition coefficient (Wildman–Crippen LogP) is 3.05. The molecular formula is C21H23N3O4. The van der Waals surface area contributed by atoms with Crippen LogP contribution < -0.4 is 5.32 Å². The van der Waals surface area contributed by atoms with E-state index >= 15 is 0 Å². The van der Waals surface area contributed by atoms with E-state index in [4.69, 9.17) is 9.47 Å². The lowest BCUT2D eigenvalue weighted by molar-refractivity contribution is -0.146. The van der Waals surface area contributed by atoms with E-state index in [-0.39, 0.29) is 18.8 Å². The number of carbonyl (C=O) groups excluding carboxylic acids is 2. The van der Waals surface area contributed by atoms with Crippen LogP contribution in [0.25, 0.3) is 11.3 Å². The largest absolute Gasteiger partial charge is 0.462 e. The molecule has 0 spiro atoms. The number of nitrogens with zero attached hydrogens (tertiary/aromatic N) is 2. The minimum absolute atomic E-state index is 0.162. The standard InChI is InChI=1S/C21H23N3O4/c1-3-27-20(25)17(21(26)28-4-2)12-22-19-16-11-7-9-14-8-5-6-10-15(14)18(16)23-13-24-19/h5-6,8,10,12-13H,3-4,7,9,11H2,1-2H3,(H,22,23,24). The number of aryl methyl sites for hydroxylation is 1. The second-order valence-electron chi connectivity index (χ2n) is 6.20. The first-order chi connectivity index (χ1) is 13.7. The van der Waals surface area contributed by atoms with Crippen LogP contribution in [-0.4, -0.2) is 35.1 Å². The van der Waals surface area contributed by atoms with Crippen LogP contribution in [0, 0.1) is 0 Å². The Labute approximate surface area is 163 Å². The molecule has 0 saturated heterocycles. The minimum Gasteiger partial charge on any atom is -0.462 e. The number of ether oxygens (including phenoxy) is 2. The van der Waals surface area contributed by atoms with Crippen molar-refractivity contribution in [1.82, 2.24) is 9.97 Å². The Morgan fingerprint density at radius 2 is 1.79 bits per heavy atom. The summed E-state index contributed by atoms with van der Waals surface area (Å²) in [5.41, 5.74) is 3.95. The molecule has 0 saturated carbocycles. The average Bonchev–Trinajstić information content (AvgIpc) is 2.88. The van der Waals surface area contributed by atoms with Crippen molar-refractivity contribution in [3.05, 3.63) is 53.5 Å². The fourth-order valence-corrected chi connectivity index (χ4v) is 3.19. The molecule has 1 aromatic heterocycles. The molecule has 0 atom stereocenters. The van der Waals surface area contributed by atoms with Gasteiger partial charge in [-0.2, -0.15) is 0 Å². The van der Waals surface area contributed by atoms with Gasteiger partial charge < -0.3 is 14.8 Å². The van der Waals surface area contributed by atoms with E-state index in [9.17, 15) is 9.59 Å². The zero-order valence-electron chi connectivity index (χ0n) is 16.0. The Hall–Kier alpha value is -3.22. The molecule has 7 heteroatoms. The topological polar surface area (TPSA) is 90.4 Å². The summed E-state index contributed by atoms with van der Waals surface area (Å²) in [7, 11) is 0. The third kappa shape index (κ3) is 4.19. The van der Waals surface area contributed by atoms with E-state index in [1.165, 1.54) is 18.1 Å². The summed E-state index contributed by atoms with van der Waals surface area (Å²) < 4.78 is 9.92. The third-order valence-corrected chi connectivity index (χ3v) is 4.43. The highest BCUT2D eigenvalue weighted by atomic mass is 16.6. The van der Waals surface area contributed by atoms with Gasteiger partial charge in [-0.1, -0.05) is 24.3 Å². The molecule has 3 rings (SSSR count). The van der Waals surface area contributed by atoms with Crippen molar-refractivity contribution in [3.8, 4) is 11.3 Å². The smallest absolute Gasteiger partial charge is 0.347 e. The lowest BCUT2D eigenvalue weighted by Crippen LogP contribution is -2.19. The van der Waals surface area contributed by atoms with E-state index in [1.54, 1.807) is 13.8 Å². The van der Waals surface area contributed by atoms with E-state index in [1.807, 2.05) is 12.1 Å². The molecule has 0 bridgehead atoms. The van der Waals surface area contributed by atoms with E-state index in [2.05, 4.69) is 27.4 Å². The van der Waals surface area contributed by atoms with Crippen LogP contribution in [0.5, 0.6) is 0 Å². The molecule has 0 radical (unpaired) electrons. The van der Waals surface area contributed by atoms with Crippen molar-refractivity contribution in [3.63, 3.8) is 0 Å². The summed E-state index contributed by atoms with van der Waals surface area (Å²) in [6.45, 7) is 3.68. The van der Waals surface area contributed by atoms with Gasteiger partial charge in [0.25, 0.3) is 0 Å². The Bertz CT molecular complexity index is 888. The SMILES string of the molecule is CCOC(=O)C(=CNc1ncnc2c1CCCc1ccccc1-2)C(=O)OCC. The van der Waals surface area contributed by atoms with Crippen molar-refractivity contribution in [2.24, 2.45) is 0 Å². The van der Waals surface area contributed by atoms with Gasteiger partial charge in [0.05, 0.1) is 18.9 Å². The normalized spacial score (nSPS) is 12.1.